The molecule has 0 radical (unpaired) electrons. The van der Waals surface area contributed by atoms with Gasteiger partial charge in [0, 0.05) is 50.8 Å². The predicted molar refractivity (Wildman–Crippen MR) is 91.9 cm³/mol. The summed E-state index contributed by atoms with van der Waals surface area (Å²) in [6.07, 6.45) is 2.43. The molecule has 3 fully saturated rings. The van der Waals surface area contributed by atoms with Gasteiger partial charge in [0.2, 0.25) is 0 Å². The van der Waals surface area contributed by atoms with Gasteiger partial charge in [-0.3, -0.25) is 9.89 Å². The molecule has 0 aromatic heterocycles. The first-order valence-corrected chi connectivity index (χ1v) is 9.15. The Morgan fingerprint density at radius 2 is 2.00 bits per heavy atom. The molecule has 0 bridgehead atoms. The summed E-state index contributed by atoms with van der Waals surface area (Å²) in [6.45, 7) is 14.0. The van der Waals surface area contributed by atoms with Crippen molar-refractivity contribution in [3.05, 3.63) is 0 Å². The number of hydrogen-bond acceptors (Lipinski definition) is 4. The lowest BCUT2D eigenvalue weighted by Gasteiger charge is -2.32. The first kappa shape index (κ1) is 17.0. The number of hydrogen-bond donors (Lipinski definition) is 1. The highest BCUT2D eigenvalue weighted by atomic mass is 16.5. The van der Waals surface area contributed by atoms with Gasteiger partial charge < -0.3 is 19.7 Å². The maximum absolute atomic E-state index is 5.64. The Hall–Kier alpha value is -0.850. The third kappa shape index (κ3) is 4.17. The Morgan fingerprint density at radius 3 is 2.70 bits per heavy atom. The van der Waals surface area contributed by atoms with Gasteiger partial charge in [-0.2, -0.15) is 0 Å². The molecule has 2 atom stereocenters. The lowest BCUT2D eigenvalue weighted by Crippen LogP contribution is -2.45. The average Bonchev–Trinajstić information content (AvgIpc) is 3.22. The molecule has 1 N–H and O–H groups in total. The molecule has 0 saturated carbocycles. The van der Waals surface area contributed by atoms with E-state index in [4.69, 9.17) is 14.5 Å². The second-order valence-corrected chi connectivity index (χ2v) is 7.17. The number of morpholine rings is 1. The second-order valence-electron chi connectivity index (χ2n) is 7.17. The molecular weight excluding hydrogens is 292 g/mol. The van der Waals surface area contributed by atoms with E-state index < -0.39 is 0 Å². The van der Waals surface area contributed by atoms with Crippen molar-refractivity contribution in [3.8, 4) is 0 Å². The summed E-state index contributed by atoms with van der Waals surface area (Å²) in [4.78, 5) is 9.85. The van der Waals surface area contributed by atoms with Crippen molar-refractivity contribution in [2.75, 3.05) is 65.7 Å². The number of ether oxygens (including phenoxy) is 2. The van der Waals surface area contributed by atoms with Crippen LogP contribution >= 0.6 is 0 Å². The van der Waals surface area contributed by atoms with Crippen LogP contribution < -0.4 is 5.32 Å². The molecule has 3 saturated heterocycles. The summed E-state index contributed by atoms with van der Waals surface area (Å²) in [5.74, 6) is 1.08. The van der Waals surface area contributed by atoms with Crippen LogP contribution in [0, 0.1) is 5.41 Å². The van der Waals surface area contributed by atoms with Gasteiger partial charge in [-0.15, -0.1) is 0 Å². The zero-order chi connectivity index (χ0) is 16.1. The van der Waals surface area contributed by atoms with Gasteiger partial charge >= 0.3 is 0 Å². The minimum absolute atomic E-state index is 0.381. The molecule has 6 nitrogen and oxygen atoms in total. The van der Waals surface area contributed by atoms with E-state index in [1.54, 1.807) is 0 Å². The molecule has 2 unspecified atom stereocenters. The fourth-order valence-corrected chi connectivity index (χ4v) is 3.87. The monoisotopic (exact) mass is 324 g/mol. The van der Waals surface area contributed by atoms with E-state index >= 15 is 0 Å². The third-order valence-electron chi connectivity index (χ3n) is 5.43. The second kappa shape index (κ2) is 7.81. The standard InChI is InChI=1S/C17H32N4O2/c1-3-18-16(19-12-15(2)20-7-10-22-11-8-20)21-6-4-17(13-21)5-9-23-14-17/h15H,3-14H2,1-2H3,(H,18,19). The molecule has 23 heavy (non-hydrogen) atoms. The number of rotatable bonds is 4. The number of likely N-dealkylation sites (tertiary alicyclic amines) is 1. The summed E-state index contributed by atoms with van der Waals surface area (Å²) < 4.78 is 11.1. The van der Waals surface area contributed by atoms with E-state index in [2.05, 4.69) is 29.0 Å². The highest BCUT2D eigenvalue weighted by Gasteiger charge is 2.42. The van der Waals surface area contributed by atoms with Crippen LogP contribution in [0.15, 0.2) is 4.99 Å². The quantitative estimate of drug-likeness (QED) is 0.612. The van der Waals surface area contributed by atoms with Crippen molar-refractivity contribution in [2.24, 2.45) is 10.4 Å². The molecule has 1 spiro atoms. The van der Waals surface area contributed by atoms with Crippen LogP contribution in [0.4, 0.5) is 0 Å². The SMILES string of the molecule is CCNC(=NCC(C)N1CCOCC1)N1CCC2(CCOC2)C1. The van der Waals surface area contributed by atoms with Crippen LogP contribution in [0.3, 0.4) is 0 Å². The number of aliphatic imine (C=N–C) groups is 1. The highest BCUT2D eigenvalue weighted by molar-refractivity contribution is 5.80. The van der Waals surface area contributed by atoms with E-state index in [-0.39, 0.29) is 0 Å². The van der Waals surface area contributed by atoms with Gasteiger partial charge in [0.15, 0.2) is 5.96 Å². The smallest absolute Gasteiger partial charge is 0.193 e. The Kier molecular flexibility index (Phi) is 5.77. The van der Waals surface area contributed by atoms with E-state index in [1.807, 2.05) is 0 Å². The predicted octanol–water partition coefficient (Wildman–Crippen LogP) is 0.785. The van der Waals surface area contributed by atoms with Gasteiger partial charge in [-0.25, -0.2) is 0 Å². The molecule has 0 aromatic rings. The summed E-state index contributed by atoms with van der Waals surface area (Å²) >= 11 is 0. The Labute approximate surface area is 140 Å². The van der Waals surface area contributed by atoms with Gasteiger partial charge in [-0.1, -0.05) is 0 Å². The largest absolute Gasteiger partial charge is 0.381 e. The van der Waals surface area contributed by atoms with Gasteiger partial charge in [-0.05, 0) is 26.7 Å². The topological polar surface area (TPSA) is 49.3 Å². The fourth-order valence-electron chi connectivity index (χ4n) is 3.87. The maximum Gasteiger partial charge on any atom is 0.193 e. The van der Waals surface area contributed by atoms with Gasteiger partial charge in [0.25, 0.3) is 0 Å². The molecule has 132 valence electrons. The molecule has 6 heteroatoms. The zero-order valence-electron chi connectivity index (χ0n) is 14.7. The lowest BCUT2D eigenvalue weighted by molar-refractivity contribution is 0.0220. The molecule has 3 rings (SSSR count). The van der Waals surface area contributed by atoms with E-state index in [0.29, 0.717) is 11.5 Å². The van der Waals surface area contributed by atoms with Crippen LogP contribution in [0.5, 0.6) is 0 Å². The van der Waals surface area contributed by atoms with E-state index in [1.165, 1.54) is 12.8 Å². The van der Waals surface area contributed by atoms with Crippen LogP contribution in [0.1, 0.15) is 26.7 Å². The van der Waals surface area contributed by atoms with Crippen molar-refractivity contribution in [2.45, 2.75) is 32.7 Å². The van der Waals surface area contributed by atoms with Gasteiger partial charge in [0.05, 0.1) is 26.4 Å². The van der Waals surface area contributed by atoms with Gasteiger partial charge in [0.1, 0.15) is 0 Å². The summed E-state index contributed by atoms with van der Waals surface area (Å²) in [5, 5.41) is 3.48. The molecule has 0 amide bonds. The molecule has 3 heterocycles. The Bertz CT molecular complexity index is 403. The van der Waals surface area contributed by atoms with E-state index in [9.17, 15) is 0 Å². The lowest BCUT2D eigenvalue weighted by atomic mass is 9.87. The van der Waals surface area contributed by atoms with Crippen molar-refractivity contribution in [1.82, 2.24) is 15.1 Å². The van der Waals surface area contributed by atoms with Crippen LogP contribution in [0.25, 0.3) is 0 Å². The minimum atomic E-state index is 0.381. The van der Waals surface area contributed by atoms with Crippen molar-refractivity contribution in [1.29, 1.82) is 0 Å². The average molecular weight is 324 g/mol. The molecule has 3 aliphatic heterocycles. The maximum atomic E-state index is 5.64. The summed E-state index contributed by atoms with van der Waals surface area (Å²) in [5.41, 5.74) is 0.381. The zero-order valence-corrected chi connectivity index (χ0v) is 14.7. The van der Waals surface area contributed by atoms with Crippen molar-refractivity contribution in [3.63, 3.8) is 0 Å². The van der Waals surface area contributed by atoms with Crippen molar-refractivity contribution < 1.29 is 9.47 Å². The number of nitrogens with one attached hydrogen (secondary N) is 1. The van der Waals surface area contributed by atoms with Crippen LogP contribution in [-0.4, -0.2) is 87.5 Å². The third-order valence-corrected chi connectivity index (χ3v) is 5.43. The minimum Gasteiger partial charge on any atom is -0.381 e. The van der Waals surface area contributed by atoms with E-state index in [0.717, 1.165) is 71.7 Å². The summed E-state index contributed by atoms with van der Waals surface area (Å²) in [7, 11) is 0. The number of guanidine groups is 1. The Balaban J connectivity index is 1.57. The highest BCUT2D eigenvalue weighted by Crippen LogP contribution is 2.38. The Morgan fingerprint density at radius 1 is 1.17 bits per heavy atom. The molecule has 0 aromatic carbocycles. The van der Waals surface area contributed by atoms with Crippen LogP contribution in [-0.2, 0) is 9.47 Å². The summed E-state index contributed by atoms with van der Waals surface area (Å²) in [6, 6.07) is 0.471. The first-order chi connectivity index (χ1) is 11.2. The first-order valence-electron chi connectivity index (χ1n) is 9.15. The van der Waals surface area contributed by atoms with Crippen molar-refractivity contribution >= 4 is 5.96 Å². The normalized spacial score (nSPS) is 31.0. The fraction of sp³-hybridized carbons (Fsp3) is 0.941. The van der Waals surface area contributed by atoms with Crippen LogP contribution in [0.2, 0.25) is 0 Å². The molecule has 0 aliphatic carbocycles. The number of nitrogens with zero attached hydrogens (tertiary/aromatic N) is 3. The molecule has 3 aliphatic rings. The molecular formula is C17H32N4O2.